The molecule has 0 atom stereocenters. The van der Waals surface area contributed by atoms with Crippen LogP contribution in [0.25, 0.3) is 0 Å². The quantitative estimate of drug-likeness (QED) is 0.624. The number of methoxy groups -OCH3 is 1. The van der Waals surface area contributed by atoms with Crippen LogP contribution >= 0.6 is 11.8 Å². The monoisotopic (exact) mass is 226 g/mol. The van der Waals surface area contributed by atoms with Crippen molar-refractivity contribution < 1.29 is 19.4 Å². The molecule has 80 valence electrons. The van der Waals surface area contributed by atoms with Crippen molar-refractivity contribution in [1.82, 2.24) is 0 Å². The van der Waals surface area contributed by atoms with Crippen molar-refractivity contribution in [3.63, 3.8) is 0 Å². The molecule has 0 aliphatic carbocycles. The van der Waals surface area contributed by atoms with Gasteiger partial charge in [-0.3, -0.25) is 4.79 Å². The summed E-state index contributed by atoms with van der Waals surface area (Å²) in [4.78, 5) is 22.2. The first-order chi connectivity index (χ1) is 7.15. The zero-order chi connectivity index (χ0) is 11.3. The van der Waals surface area contributed by atoms with Gasteiger partial charge in [-0.05, 0) is 12.1 Å². The van der Waals surface area contributed by atoms with E-state index >= 15 is 0 Å². The van der Waals surface area contributed by atoms with Gasteiger partial charge in [0.15, 0.2) is 0 Å². The molecule has 5 heteroatoms. The number of benzene rings is 1. The maximum atomic E-state index is 10.9. The molecule has 15 heavy (non-hydrogen) atoms. The standard InChI is InChI=1S/C10H10O4S/c1-14-9(11)6-15-8-5-3-2-4-7(8)10(12)13/h2-5H,6H2,1H3,(H,12,13). The predicted molar refractivity (Wildman–Crippen MR) is 56.1 cm³/mol. The second kappa shape index (κ2) is 5.41. The van der Waals surface area contributed by atoms with Crippen LogP contribution in [0.5, 0.6) is 0 Å². The third-order valence-corrected chi connectivity index (χ3v) is 2.74. The summed E-state index contributed by atoms with van der Waals surface area (Å²) >= 11 is 1.15. The van der Waals surface area contributed by atoms with Gasteiger partial charge in [0.1, 0.15) is 0 Å². The summed E-state index contributed by atoms with van der Waals surface area (Å²) in [7, 11) is 1.30. The Bertz CT molecular complexity index is 375. The Labute approximate surface area is 91.2 Å². The Hall–Kier alpha value is -1.49. The van der Waals surface area contributed by atoms with Gasteiger partial charge < -0.3 is 9.84 Å². The SMILES string of the molecule is COC(=O)CSc1ccccc1C(=O)O. The molecule has 0 bridgehead atoms. The maximum absolute atomic E-state index is 10.9. The van der Waals surface area contributed by atoms with Gasteiger partial charge in [0.2, 0.25) is 0 Å². The second-order valence-corrected chi connectivity index (χ2v) is 3.68. The molecule has 0 radical (unpaired) electrons. The van der Waals surface area contributed by atoms with Crippen LogP contribution in [-0.4, -0.2) is 29.9 Å². The van der Waals surface area contributed by atoms with Gasteiger partial charge in [0, 0.05) is 4.90 Å². The number of rotatable bonds is 4. The van der Waals surface area contributed by atoms with Crippen LogP contribution in [0.4, 0.5) is 0 Å². The van der Waals surface area contributed by atoms with E-state index in [0.717, 1.165) is 11.8 Å². The van der Waals surface area contributed by atoms with Gasteiger partial charge in [-0.2, -0.15) is 0 Å². The van der Waals surface area contributed by atoms with E-state index in [2.05, 4.69) is 4.74 Å². The Morgan fingerprint density at radius 2 is 2.07 bits per heavy atom. The highest BCUT2D eigenvalue weighted by atomic mass is 32.2. The number of hydrogen-bond donors (Lipinski definition) is 1. The number of carboxylic acids is 1. The minimum Gasteiger partial charge on any atom is -0.478 e. The highest BCUT2D eigenvalue weighted by Crippen LogP contribution is 2.22. The number of aromatic carboxylic acids is 1. The van der Waals surface area contributed by atoms with E-state index in [4.69, 9.17) is 5.11 Å². The number of carbonyl (C=O) groups excluding carboxylic acids is 1. The van der Waals surface area contributed by atoms with Crippen molar-refractivity contribution in [3.05, 3.63) is 29.8 Å². The fourth-order valence-corrected chi connectivity index (χ4v) is 1.84. The Morgan fingerprint density at radius 1 is 1.40 bits per heavy atom. The molecule has 1 rings (SSSR count). The molecule has 4 nitrogen and oxygen atoms in total. The first-order valence-electron chi connectivity index (χ1n) is 4.17. The third kappa shape index (κ3) is 3.28. The van der Waals surface area contributed by atoms with Crippen molar-refractivity contribution in [1.29, 1.82) is 0 Å². The van der Waals surface area contributed by atoms with Gasteiger partial charge in [0.25, 0.3) is 0 Å². The molecule has 0 saturated heterocycles. The summed E-state index contributed by atoms with van der Waals surface area (Å²) in [5, 5.41) is 8.86. The highest BCUT2D eigenvalue weighted by molar-refractivity contribution is 8.00. The topological polar surface area (TPSA) is 63.6 Å². The van der Waals surface area contributed by atoms with Crippen molar-refractivity contribution in [2.24, 2.45) is 0 Å². The van der Waals surface area contributed by atoms with Crippen LogP contribution in [0.3, 0.4) is 0 Å². The normalized spacial score (nSPS) is 9.67. The van der Waals surface area contributed by atoms with E-state index in [1.54, 1.807) is 18.2 Å². The van der Waals surface area contributed by atoms with E-state index in [0.29, 0.717) is 4.90 Å². The molecular weight excluding hydrogens is 216 g/mol. The van der Waals surface area contributed by atoms with Crippen molar-refractivity contribution in [3.8, 4) is 0 Å². The molecule has 1 aromatic rings. The number of thioether (sulfide) groups is 1. The van der Waals surface area contributed by atoms with Crippen molar-refractivity contribution in [2.45, 2.75) is 4.90 Å². The largest absolute Gasteiger partial charge is 0.478 e. The molecule has 0 amide bonds. The molecule has 0 aromatic heterocycles. The second-order valence-electron chi connectivity index (χ2n) is 2.67. The van der Waals surface area contributed by atoms with Crippen LogP contribution in [0.15, 0.2) is 29.2 Å². The van der Waals surface area contributed by atoms with Crippen LogP contribution in [0.1, 0.15) is 10.4 Å². The van der Waals surface area contributed by atoms with Gasteiger partial charge in [-0.15, -0.1) is 11.8 Å². The summed E-state index contributed by atoms with van der Waals surface area (Å²) in [5.41, 5.74) is 0.200. The molecule has 0 aliphatic rings. The molecule has 0 fully saturated rings. The lowest BCUT2D eigenvalue weighted by atomic mass is 10.2. The Morgan fingerprint density at radius 3 is 2.67 bits per heavy atom. The molecule has 0 aliphatic heterocycles. The first-order valence-corrected chi connectivity index (χ1v) is 5.15. The van der Waals surface area contributed by atoms with Crippen molar-refractivity contribution in [2.75, 3.05) is 12.9 Å². The third-order valence-electron chi connectivity index (χ3n) is 1.69. The van der Waals surface area contributed by atoms with Crippen LogP contribution in [0.2, 0.25) is 0 Å². The van der Waals surface area contributed by atoms with E-state index in [1.165, 1.54) is 13.2 Å². The lowest BCUT2D eigenvalue weighted by molar-refractivity contribution is -0.137. The summed E-state index contributed by atoms with van der Waals surface area (Å²) in [6.45, 7) is 0. The lowest BCUT2D eigenvalue weighted by Gasteiger charge is -2.03. The average molecular weight is 226 g/mol. The van der Waals surface area contributed by atoms with E-state index in [-0.39, 0.29) is 17.3 Å². The minimum absolute atomic E-state index is 0.112. The van der Waals surface area contributed by atoms with E-state index < -0.39 is 5.97 Å². The zero-order valence-electron chi connectivity index (χ0n) is 8.10. The molecule has 0 spiro atoms. The summed E-state index contributed by atoms with van der Waals surface area (Å²) in [6.07, 6.45) is 0. The van der Waals surface area contributed by atoms with Gasteiger partial charge in [-0.1, -0.05) is 12.1 Å². The maximum Gasteiger partial charge on any atom is 0.336 e. The Balaban J connectivity index is 2.76. The zero-order valence-corrected chi connectivity index (χ0v) is 8.91. The molecule has 1 N–H and O–H groups in total. The number of esters is 1. The van der Waals surface area contributed by atoms with Crippen LogP contribution in [-0.2, 0) is 9.53 Å². The molecular formula is C10H10O4S. The number of hydrogen-bond acceptors (Lipinski definition) is 4. The first kappa shape index (κ1) is 11.6. The van der Waals surface area contributed by atoms with Crippen LogP contribution < -0.4 is 0 Å². The molecule has 1 aromatic carbocycles. The summed E-state index contributed by atoms with van der Waals surface area (Å²) in [5.74, 6) is -1.26. The molecule has 0 unspecified atom stereocenters. The fourth-order valence-electron chi connectivity index (χ4n) is 0.965. The number of carbonyl (C=O) groups is 2. The summed E-state index contributed by atoms with van der Waals surface area (Å²) in [6, 6.07) is 6.54. The fraction of sp³-hybridized carbons (Fsp3) is 0.200. The van der Waals surface area contributed by atoms with E-state index in [9.17, 15) is 9.59 Å². The predicted octanol–water partition coefficient (Wildman–Crippen LogP) is 1.65. The van der Waals surface area contributed by atoms with Gasteiger partial charge in [-0.25, -0.2) is 4.79 Å². The Kier molecular flexibility index (Phi) is 4.17. The van der Waals surface area contributed by atoms with Gasteiger partial charge >= 0.3 is 11.9 Å². The van der Waals surface area contributed by atoms with Crippen molar-refractivity contribution >= 4 is 23.7 Å². The number of ether oxygens (including phenoxy) is 1. The minimum atomic E-state index is -0.997. The highest BCUT2D eigenvalue weighted by Gasteiger charge is 2.10. The smallest absolute Gasteiger partial charge is 0.336 e. The van der Waals surface area contributed by atoms with Crippen LogP contribution in [0, 0.1) is 0 Å². The molecule has 0 saturated carbocycles. The summed E-state index contributed by atoms with van der Waals surface area (Å²) < 4.78 is 4.47. The van der Waals surface area contributed by atoms with Gasteiger partial charge in [0.05, 0.1) is 18.4 Å². The lowest BCUT2D eigenvalue weighted by Crippen LogP contribution is -2.04. The average Bonchev–Trinajstić information content (AvgIpc) is 2.26. The number of carboxylic acid groups (broad SMARTS) is 1. The van der Waals surface area contributed by atoms with E-state index in [1.807, 2.05) is 0 Å². The molecule has 0 heterocycles.